The highest BCUT2D eigenvalue weighted by Crippen LogP contribution is 2.35. The van der Waals surface area contributed by atoms with Gasteiger partial charge >= 0.3 is 5.97 Å². The van der Waals surface area contributed by atoms with Gasteiger partial charge in [-0.1, -0.05) is 24.3 Å². The number of aromatic hydroxyl groups is 1. The number of phenolic OH excluding ortho intramolecular Hbond substituents is 1. The third-order valence-corrected chi connectivity index (χ3v) is 6.41. The van der Waals surface area contributed by atoms with E-state index in [1.807, 2.05) is 25.1 Å². The molecule has 0 bridgehead atoms. The van der Waals surface area contributed by atoms with Crippen LogP contribution in [0.4, 0.5) is 4.39 Å². The number of ether oxygens (including phenoxy) is 1. The number of nitrogens with zero attached hydrogens (tertiary/aromatic N) is 1. The minimum atomic E-state index is -0.822. The molecular formula is C24H26FNO4. The number of carbonyl (C=O) groups excluding carboxylic acids is 2. The number of carbonyl (C=O) groups is 2. The number of benzene rings is 2. The number of hydrogen-bond acceptors (Lipinski definition) is 4. The van der Waals surface area contributed by atoms with E-state index in [0.29, 0.717) is 36.1 Å². The second kappa shape index (κ2) is 8.46. The van der Waals surface area contributed by atoms with Gasteiger partial charge < -0.3 is 14.7 Å². The van der Waals surface area contributed by atoms with Crippen LogP contribution in [0.3, 0.4) is 0 Å². The normalized spacial score (nSPS) is 21.9. The third-order valence-electron chi connectivity index (χ3n) is 6.41. The molecule has 1 aliphatic heterocycles. The van der Waals surface area contributed by atoms with Crippen molar-refractivity contribution in [3.05, 3.63) is 65.0 Å². The predicted molar refractivity (Wildman–Crippen MR) is 110 cm³/mol. The molecule has 1 aliphatic carbocycles. The van der Waals surface area contributed by atoms with Crippen molar-refractivity contribution in [3.8, 4) is 5.75 Å². The predicted octanol–water partition coefficient (Wildman–Crippen LogP) is 4.54. The summed E-state index contributed by atoms with van der Waals surface area (Å²) in [5.41, 5.74) is 1.19. The number of rotatable bonds is 5. The number of phenols is 1. The van der Waals surface area contributed by atoms with Crippen LogP contribution in [0.2, 0.25) is 0 Å². The monoisotopic (exact) mass is 411 g/mol. The average molecular weight is 411 g/mol. The SMILES string of the molecule is CC(OC(=O)c1ccccc1)C1CCC(CN2Cc3ccc(O)c(F)c3C2=O)CC1. The lowest BCUT2D eigenvalue weighted by molar-refractivity contribution is 0.0102. The van der Waals surface area contributed by atoms with Crippen molar-refractivity contribution in [1.29, 1.82) is 0 Å². The lowest BCUT2D eigenvalue weighted by Gasteiger charge is -2.33. The van der Waals surface area contributed by atoms with Crippen molar-refractivity contribution in [2.75, 3.05) is 6.54 Å². The fourth-order valence-electron chi connectivity index (χ4n) is 4.61. The fourth-order valence-corrected chi connectivity index (χ4v) is 4.61. The topological polar surface area (TPSA) is 66.8 Å². The molecule has 1 atom stereocenters. The molecule has 1 amide bonds. The van der Waals surface area contributed by atoms with Crippen LogP contribution in [0.5, 0.6) is 5.75 Å². The van der Waals surface area contributed by atoms with E-state index in [4.69, 9.17) is 4.74 Å². The quantitative estimate of drug-likeness (QED) is 0.734. The summed E-state index contributed by atoms with van der Waals surface area (Å²) in [6.45, 7) is 2.91. The molecule has 1 saturated carbocycles. The van der Waals surface area contributed by atoms with Crippen molar-refractivity contribution in [3.63, 3.8) is 0 Å². The highest BCUT2D eigenvalue weighted by molar-refractivity contribution is 5.99. The van der Waals surface area contributed by atoms with Gasteiger partial charge in [0.1, 0.15) is 6.10 Å². The first-order chi connectivity index (χ1) is 14.4. The summed E-state index contributed by atoms with van der Waals surface area (Å²) in [7, 11) is 0. The fraction of sp³-hybridized carbons (Fsp3) is 0.417. The molecule has 6 heteroatoms. The molecule has 0 saturated heterocycles. The highest BCUT2D eigenvalue weighted by atomic mass is 19.1. The molecule has 30 heavy (non-hydrogen) atoms. The lowest BCUT2D eigenvalue weighted by Crippen LogP contribution is -2.34. The molecule has 0 spiro atoms. The van der Waals surface area contributed by atoms with Crippen molar-refractivity contribution in [2.45, 2.75) is 45.3 Å². The van der Waals surface area contributed by atoms with Gasteiger partial charge in [-0.25, -0.2) is 9.18 Å². The van der Waals surface area contributed by atoms with E-state index in [2.05, 4.69) is 0 Å². The number of hydrogen-bond donors (Lipinski definition) is 1. The van der Waals surface area contributed by atoms with Gasteiger partial charge in [-0.05, 0) is 68.2 Å². The Morgan fingerprint density at radius 1 is 1.17 bits per heavy atom. The number of amides is 1. The average Bonchev–Trinajstić information content (AvgIpc) is 3.07. The molecule has 4 rings (SSSR count). The Bertz CT molecular complexity index is 938. The van der Waals surface area contributed by atoms with Gasteiger partial charge in [0.15, 0.2) is 11.6 Å². The molecule has 0 radical (unpaired) electrons. The van der Waals surface area contributed by atoms with Crippen LogP contribution in [-0.2, 0) is 11.3 Å². The molecule has 2 aromatic carbocycles. The molecule has 5 nitrogen and oxygen atoms in total. The Balaban J connectivity index is 1.28. The molecule has 158 valence electrons. The van der Waals surface area contributed by atoms with Crippen molar-refractivity contribution in [1.82, 2.24) is 4.90 Å². The molecule has 1 N–H and O–H groups in total. The summed E-state index contributed by atoms with van der Waals surface area (Å²) in [5.74, 6) is -1.30. The van der Waals surface area contributed by atoms with E-state index < -0.39 is 11.6 Å². The number of halogens is 1. The largest absolute Gasteiger partial charge is 0.505 e. The molecule has 2 aliphatic rings. The maximum Gasteiger partial charge on any atom is 0.338 e. The Kier molecular flexibility index (Phi) is 5.75. The highest BCUT2D eigenvalue weighted by Gasteiger charge is 2.35. The van der Waals surface area contributed by atoms with Gasteiger partial charge in [-0.15, -0.1) is 0 Å². The number of esters is 1. The smallest absolute Gasteiger partial charge is 0.338 e. The summed E-state index contributed by atoms with van der Waals surface area (Å²) in [4.78, 5) is 26.5. The van der Waals surface area contributed by atoms with E-state index in [0.717, 1.165) is 25.7 Å². The van der Waals surface area contributed by atoms with E-state index in [1.165, 1.54) is 6.07 Å². The maximum atomic E-state index is 14.1. The van der Waals surface area contributed by atoms with Crippen LogP contribution in [-0.4, -0.2) is 34.5 Å². The van der Waals surface area contributed by atoms with Gasteiger partial charge in [0.05, 0.1) is 11.1 Å². The third kappa shape index (κ3) is 4.04. The zero-order valence-corrected chi connectivity index (χ0v) is 17.0. The summed E-state index contributed by atoms with van der Waals surface area (Å²) in [6, 6.07) is 11.9. The summed E-state index contributed by atoms with van der Waals surface area (Å²) in [6.07, 6.45) is 3.57. The zero-order valence-electron chi connectivity index (χ0n) is 17.0. The standard InChI is InChI=1S/C24H26FNO4/c1-15(30-24(29)18-5-3-2-4-6-18)17-9-7-16(8-10-17)13-26-14-19-11-12-20(27)22(25)21(19)23(26)28/h2-6,11-12,15-17,27H,7-10,13-14H2,1H3. The summed E-state index contributed by atoms with van der Waals surface area (Å²) < 4.78 is 19.8. The second-order valence-corrected chi connectivity index (χ2v) is 8.38. The van der Waals surface area contributed by atoms with Crippen LogP contribution in [0.25, 0.3) is 0 Å². The summed E-state index contributed by atoms with van der Waals surface area (Å²) in [5, 5.41) is 9.54. The Morgan fingerprint density at radius 2 is 1.87 bits per heavy atom. The van der Waals surface area contributed by atoms with Crippen molar-refractivity contribution in [2.24, 2.45) is 11.8 Å². The zero-order chi connectivity index (χ0) is 21.3. The van der Waals surface area contributed by atoms with E-state index in [9.17, 15) is 19.1 Å². The molecular weight excluding hydrogens is 385 g/mol. The van der Waals surface area contributed by atoms with Crippen LogP contribution in [0, 0.1) is 17.7 Å². The first kappa shape index (κ1) is 20.4. The minimum absolute atomic E-state index is 0.00475. The lowest BCUT2D eigenvalue weighted by atomic mass is 9.79. The first-order valence-corrected chi connectivity index (χ1v) is 10.5. The second-order valence-electron chi connectivity index (χ2n) is 8.38. The number of fused-ring (bicyclic) bond motifs is 1. The van der Waals surface area contributed by atoms with Gasteiger partial charge in [0, 0.05) is 13.1 Å². The summed E-state index contributed by atoms with van der Waals surface area (Å²) >= 11 is 0. The Hall–Kier alpha value is -2.89. The molecule has 1 heterocycles. The van der Waals surface area contributed by atoms with Crippen LogP contribution < -0.4 is 0 Å². The van der Waals surface area contributed by atoms with Gasteiger partial charge in [-0.3, -0.25) is 4.79 Å². The van der Waals surface area contributed by atoms with Crippen molar-refractivity contribution >= 4 is 11.9 Å². The molecule has 0 aromatic heterocycles. The van der Waals surface area contributed by atoms with Gasteiger partial charge in [0.25, 0.3) is 5.91 Å². The van der Waals surface area contributed by atoms with Crippen LogP contribution in [0.1, 0.15) is 58.9 Å². The first-order valence-electron chi connectivity index (χ1n) is 10.5. The van der Waals surface area contributed by atoms with Gasteiger partial charge in [0.2, 0.25) is 0 Å². The van der Waals surface area contributed by atoms with Crippen LogP contribution in [0.15, 0.2) is 42.5 Å². The Morgan fingerprint density at radius 3 is 2.57 bits per heavy atom. The van der Waals surface area contributed by atoms with Crippen LogP contribution >= 0.6 is 0 Å². The molecule has 1 fully saturated rings. The van der Waals surface area contributed by atoms with E-state index in [-0.39, 0.29) is 23.5 Å². The van der Waals surface area contributed by atoms with Crippen molar-refractivity contribution < 1.29 is 23.8 Å². The molecule has 1 unspecified atom stereocenters. The van der Waals surface area contributed by atoms with Gasteiger partial charge in [-0.2, -0.15) is 0 Å². The van der Waals surface area contributed by atoms with E-state index in [1.54, 1.807) is 23.1 Å². The molecule has 2 aromatic rings. The maximum absolute atomic E-state index is 14.1. The minimum Gasteiger partial charge on any atom is -0.505 e. The van der Waals surface area contributed by atoms with E-state index >= 15 is 0 Å². The Labute approximate surface area is 175 Å².